The molecular weight excluding hydrogens is 211 g/mol. The van der Waals surface area contributed by atoms with Crippen molar-refractivity contribution in [3.05, 3.63) is 0 Å². The van der Waals surface area contributed by atoms with E-state index >= 15 is 0 Å². The van der Waals surface area contributed by atoms with E-state index in [0.717, 1.165) is 0 Å². The number of carbonyl (C=O) groups excluding carboxylic acids is 2. The summed E-state index contributed by atoms with van der Waals surface area (Å²) in [5.41, 5.74) is 0. The highest BCUT2D eigenvalue weighted by Crippen LogP contribution is 1.90. The quantitative estimate of drug-likeness (QED) is 0.452. The largest absolute Gasteiger partial charge is 0.444 e. The molecule has 0 saturated carbocycles. The summed E-state index contributed by atoms with van der Waals surface area (Å²) in [5, 5.41) is 4.61. The highest BCUT2D eigenvalue weighted by Gasteiger charge is 2.01. The second-order valence-electron chi connectivity index (χ2n) is 2.47. The lowest BCUT2D eigenvalue weighted by Crippen LogP contribution is -2.34. The molecule has 0 aromatic heterocycles. The summed E-state index contributed by atoms with van der Waals surface area (Å²) in [6.45, 7) is 0.385. The Morgan fingerprint density at radius 3 is 2.50 bits per heavy atom. The van der Waals surface area contributed by atoms with E-state index in [4.69, 9.17) is 0 Å². The van der Waals surface area contributed by atoms with Gasteiger partial charge in [-0.1, -0.05) is 0 Å². The van der Waals surface area contributed by atoms with Gasteiger partial charge in [-0.25, -0.2) is 9.74 Å². The molecule has 0 heterocycles. The monoisotopic (exact) mass is 224 g/mol. The maximum absolute atomic E-state index is 11.1. The third kappa shape index (κ3) is 7.66. The summed E-state index contributed by atoms with van der Waals surface area (Å²) < 4.78 is 11.1. The molecule has 0 atom stereocenters. The van der Waals surface area contributed by atoms with E-state index in [-0.39, 0.29) is 19.0 Å². The molecule has 82 valence electrons. The molecule has 0 saturated heterocycles. The fraction of sp³-hybridized carbons (Fsp3) is 0.714. The first-order valence-corrected chi connectivity index (χ1v) is 4.78. The lowest BCUT2D eigenvalue weighted by molar-refractivity contribution is -0.121. The van der Waals surface area contributed by atoms with Gasteiger partial charge in [0.15, 0.2) is 0 Å². The number of hydrogen-bond donors (Lipinski definition) is 3. The molecule has 0 aliphatic heterocycles. The van der Waals surface area contributed by atoms with Crippen LogP contribution < -0.4 is 10.6 Å². The van der Waals surface area contributed by atoms with Gasteiger partial charge in [-0.15, -0.1) is 0 Å². The van der Waals surface area contributed by atoms with Crippen molar-refractivity contribution in [2.45, 2.75) is 12.8 Å². The van der Waals surface area contributed by atoms with Crippen LogP contribution in [0.1, 0.15) is 12.8 Å². The van der Waals surface area contributed by atoms with Crippen molar-refractivity contribution < 1.29 is 19.1 Å². The number of thiol groups is 1. The van der Waals surface area contributed by atoms with Crippen molar-refractivity contribution in [3.63, 3.8) is 0 Å². The molecule has 0 rings (SSSR count). The molecule has 2 N–H and O–H groups in total. The third-order valence-corrected chi connectivity index (χ3v) is 1.66. The van der Waals surface area contributed by atoms with Crippen LogP contribution in [-0.4, -0.2) is 30.8 Å². The molecule has 7 heteroatoms. The van der Waals surface area contributed by atoms with Crippen LogP contribution in [0.5, 0.6) is 0 Å². The Balaban J connectivity index is 3.27. The van der Waals surface area contributed by atoms with Gasteiger partial charge in [0.25, 0.3) is 0 Å². The second kappa shape index (κ2) is 8.61. The molecule has 2 amide bonds. The van der Waals surface area contributed by atoms with Crippen LogP contribution >= 0.6 is 12.6 Å². The molecule has 0 bridgehead atoms. The first-order valence-electron chi connectivity index (χ1n) is 4.14. The zero-order valence-electron chi connectivity index (χ0n) is 7.59. The maximum Gasteiger partial charge on any atom is 0.444 e. The van der Waals surface area contributed by atoms with Gasteiger partial charge in [-0.05, 0) is 12.2 Å². The summed E-state index contributed by atoms with van der Waals surface area (Å²) in [6.07, 6.45) is -0.0546. The number of rotatable bonds is 6. The third-order valence-electron chi connectivity index (χ3n) is 1.35. The Morgan fingerprint density at radius 2 is 1.93 bits per heavy atom. The summed E-state index contributed by atoms with van der Waals surface area (Å²) in [4.78, 5) is 24.0. The Bertz CT molecular complexity index is 192. The standard InChI is InChI=1S/C7H13FN2O3S/c8-13-7(12)10-4-3-9-6(11)2-1-5-14/h14H,1-5H2,(H,9,11)(H,10,12). The number of amides is 2. The van der Waals surface area contributed by atoms with E-state index in [9.17, 15) is 14.1 Å². The van der Waals surface area contributed by atoms with E-state index in [1.165, 1.54) is 0 Å². The van der Waals surface area contributed by atoms with E-state index in [0.29, 0.717) is 18.6 Å². The van der Waals surface area contributed by atoms with Crippen LogP contribution in [0.25, 0.3) is 0 Å². The lowest BCUT2D eigenvalue weighted by Gasteiger charge is -2.04. The zero-order chi connectivity index (χ0) is 10.8. The molecule has 5 nitrogen and oxygen atoms in total. The smallest absolute Gasteiger partial charge is 0.354 e. The first kappa shape index (κ1) is 13.0. The average Bonchev–Trinajstić information content (AvgIpc) is 2.21. The lowest BCUT2D eigenvalue weighted by atomic mass is 10.3. The van der Waals surface area contributed by atoms with Gasteiger partial charge < -0.3 is 10.6 Å². The highest BCUT2D eigenvalue weighted by molar-refractivity contribution is 7.80. The van der Waals surface area contributed by atoms with Gasteiger partial charge in [0.2, 0.25) is 5.91 Å². The minimum atomic E-state index is -1.16. The molecule has 0 radical (unpaired) electrons. The molecule has 14 heavy (non-hydrogen) atoms. The van der Waals surface area contributed by atoms with Gasteiger partial charge in [0.05, 0.1) is 0 Å². The van der Waals surface area contributed by atoms with E-state index < -0.39 is 6.09 Å². The van der Waals surface area contributed by atoms with Crippen LogP contribution in [0.15, 0.2) is 0 Å². The first-order chi connectivity index (χ1) is 6.70. The summed E-state index contributed by atoms with van der Waals surface area (Å²) in [6, 6.07) is 0. The average molecular weight is 224 g/mol. The van der Waals surface area contributed by atoms with Crippen molar-refractivity contribution >= 4 is 24.6 Å². The van der Waals surface area contributed by atoms with Crippen molar-refractivity contribution in [1.82, 2.24) is 10.6 Å². The van der Waals surface area contributed by atoms with Crippen molar-refractivity contribution in [1.29, 1.82) is 0 Å². The minimum absolute atomic E-state index is 0.116. The maximum atomic E-state index is 11.1. The van der Waals surface area contributed by atoms with Gasteiger partial charge in [-0.3, -0.25) is 4.79 Å². The molecule has 0 spiro atoms. The van der Waals surface area contributed by atoms with Crippen LogP contribution in [0.4, 0.5) is 9.32 Å². The predicted molar refractivity (Wildman–Crippen MR) is 51.7 cm³/mol. The van der Waals surface area contributed by atoms with E-state index in [1.54, 1.807) is 0 Å². The Kier molecular flexibility index (Phi) is 8.01. The van der Waals surface area contributed by atoms with Crippen molar-refractivity contribution in [2.24, 2.45) is 0 Å². The SMILES string of the molecule is O=C(CCCS)NCCNC(=O)OF. The second-order valence-corrected chi connectivity index (χ2v) is 2.92. The summed E-state index contributed by atoms with van der Waals surface area (Å²) in [5.74, 6) is 0.536. The van der Waals surface area contributed by atoms with Gasteiger partial charge in [0, 0.05) is 24.0 Å². The van der Waals surface area contributed by atoms with Crippen molar-refractivity contribution in [3.8, 4) is 0 Å². The zero-order valence-corrected chi connectivity index (χ0v) is 8.48. The van der Waals surface area contributed by atoms with E-state index in [2.05, 4.69) is 28.2 Å². The van der Waals surface area contributed by atoms with Crippen LogP contribution in [-0.2, 0) is 9.74 Å². The molecule has 0 unspecified atom stereocenters. The van der Waals surface area contributed by atoms with Gasteiger partial charge in [-0.2, -0.15) is 12.6 Å². The van der Waals surface area contributed by atoms with Crippen LogP contribution in [0, 0.1) is 0 Å². The summed E-state index contributed by atoms with van der Waals surface area (Å²) in [7, 11) is 0. The fourth-order valence-electron chi connectivity index (χ4n) is 0.722. The minimum Gasteiger partial charge on any atom is -0.354 e. The van der Waals surface area contributed by atoms with Crippen molar-refractivity contribution in [2.75, 3.05) is 18.8 Å². The number of nitrogens with one attached hydrogen (secondary N) is 2. The Hall–Kier alpha value is -0.980. The number of carbonyl (C=O) groups is 2. The Labute approximate surface area is 86.7 Å². The number of halogens is 1. The molecule has 0 aromatic carbocycles. The van der Waals surface area contributed by atoms with E-state index in [1.807, 2.05) is 0 Å². The number of hydrogen-bond acceptors (Lipinski definition) is 4. The summed E-state index contributed by atoms with van der Waals surface area (Å²) >= 11 is 3.95. The fourth-order valence-corrected chi connectivity index (χ4v) is 0.880. The molecule has 0 aliphatic carbocycles. The predicted octanol–water partition coefficient (Wildman–Crippen LogP) is 0.423. The molecular formula is C7H13FN2O3S. The normalized spacial score (nSPS) is 9.29. The van der Waals surface area contributed by atoms with Gasteiger partial charge in [0.1, 0.15) is 0 Å². The topological polar surface area (TPSA) is 67.4 Å². The molecule has 0 aromatic rings. The Morgan fingerprint density at radius 1 is 1.29 bits per heavy atom. The van der Waals surface area contributed by atoms with Crippen LogP contribution in [0.2, 0.25) is 0 Å². The van der Waals surface area contributed by atoms with Crippen LogP contribution in [0.3, 0.4) is 0 Å². The van der Waals surface area contributed by atoms with Gasteiger partial charge >= 0.3 is 6.09 Å². The highest BCUT2D eigenvalue weighted by atomic mass is 32.1. The molecule has 0 fully saturated rings. The molecule has 0 aliphatic rings.